The molecule has 0 aliphatic rings. The summed E-state index contributed by atoms with van der Waals surface area (Å²) in [6.45, 7) is 4.81. The molecular weight excluding hydrogens is 613 g/mol. The van der Waals surface area contributed by atoms with E-state index in [-0.39, 0.29) is 29.1 Å². The lowest BCUT2D eigenvalue weighted by molar-refractivity contribution is -0.139. The Bertz CT molecular complexity index is 1380. The number of nitrogens with zero attached hydrogens (tertiary/aromatic N) is 2. The van der Waals surface area contributed by atoms with Gasteiger partial charge in [0.15, 0.2) is 0 Å². The van der Waals surface area contributed by atoms with Crippen molar-refractivity contribution in [2.24, 2.45) is 0 Å². The molecule has 2 amide bonds. The Morgan fingerprint density at radius 1 is 0.921 bits per heavy atom. The fourth-order valence-corrected chi connectivity index (χ4v) is 5.65. The molecule has 0 saturated carbocycles. The van der Waals surface area contributed by atoms with E-state index in [0.717, 1.165) is 14.3 Å². The van der Waals surface area contributed by atoms with Crippen LogP contribution in [0.15, 0.2) is 82.2 Å². The van der Waals surface area contributed by atoms with Crippen molar-refractivity contribution < 1.29 is 18.0 Å². The summed E-state index contributed by atoms with van der Waals surface area (Å²) in [5.74, 6) is -0.905. The molecule has 7 nitrogen and oxygen atoms in total. The van der Waals surface area contributed by atoms with E-state index >= 15 is 0 Å². The molecule has 3 aromatic carbocycles. The van der Waals surface area contributed by atoms with E-state index in [2.05, 4.69) is 21.2 Å². The number of hydrogen-bond acceptors (Lipinski definition) is 4. The van der Waals surface area contributed by atoms with Crippen LogP contribution in [0.5, 0.6) is 0 Å². The highest BCUT2D eigenvalue weighted by Crippen LogP contribution is 2.27. The molecule has 0 aliphatic heterocycles. The van der Waals surface area contributed by atoms with E-state index < -0.39 is 28.5 Å². The third-order valence-corrected chi connectivity index (χ3v) is 8.44. The van der Waals surface area contributed by atoms with Crippen molar-refractivity contribution in [1.82, 2.24) is 10.2 Å². The standard InChI is InChI=1S/C27H28BrCl2N3O4S/c1-18(2)31-27(35)19(3)32(16-20-7-9-21(28)10-8-20)26(34)17-33(24-6-4-5-23(30)15-24)38(36,37)25-13-11-22(29)12-14-25/h4-15,18-19H,16-17H2,1-3H3,(H,31,35)/t19-/m1/s1. The van der Waals surface area contributed by atoms with Gasteiger partial charge in [0.1, 0.15) is 12.6 Å². The molecule has 0 radical (unpaired) electrons. The first-order chi connectivity index (χ1) is 17.9. The lowest BCUT2D eigenvalue weighted by Gasteiger charge is -2.32. The number of nitrogens with one attached hydrogen (secondary N) is 1. The third kappa shape index (κ3) is 7.72. The first-order valence-corrected chi connectivity index (χ1v) is 14.8. The number of sulfonamides is 1. The summed E-state index contributed by atoms with van der Waals surface area (Å²) >= 11 is 15.5. The highest BCUT2D eigenvalue weighted by atomic mass is 79.9. The molecule has 0 aliphatic carbocycles. The van der Waals surface area contributed by atoms with Gasteiger partial charge < -0.3 is 10.2 Å². The Balaban J connectivity index is 2.03. The second-order valence-electron chi connectivity index (χ2n) is 8.93. The summed E-state index contributed by atoms with van der Waals surface area (Å²) in [7, 11) is -4.20. The normalized spacial score (nSPS) is 12.2. The van der Waals surface area contributed by atoms with Crippen LogP contribution in [0, 0.1) is 0 Å². The fraction of sp³-hybridized carbons (Fsp3) is 0.259. The number of anilines is 1. The number of halogens is 3. The number of carbonyl (C=O) groups excluding carboxylic acids is 2. The van der Waals surface area contributed by atoms with Gasteiger partial charge in [-0.25, -0.2) is 8.42 Å². The number of rotatable bonds is 10. The summed E-state index contributed by atoms with van der Waals surface area (Å²) in [6.07, 6.45) is 0. The fourth-order valence-electron chi connectivity index (χ4n) is 3.67. The van der Waals surface area contributed by atoms with E-state index in [9.17, 15) is 18.0 Å². The van der Waals surface area contributed by atoms with E-state index in [1.807, 2.05) is 38.1 Å². The number of hydrogen-bond donors (Lipinski definition) is 1. The zero-order chi connectivity index (χ0) is 28.0. The second kappa shape index (κ2) is 13.0. The molecule has 38 heavy (non-hydrogen) atoms. The van der Waals surface area contributed by atoms with Crippen molar-refractivity contribution in [2.45, 2.75) is 44.3 Å². The van der Waals surface area contributed by atoms with Crippen LogP contribution in [0.1, 0.15) is 26.3 Å². The Hall–Kier alpha value is -2.59. The van der Waals surface area contributed by atoms with Gasteiger partial charge in [0.2, 0.25) is 11.8 Å². The Labute approximate surface area is 241 Å². The summed E-state index contributed by atoms with van der Waals surface area (Å²) in [5.41, 5.74) is 0.990. The second-order valence-corrected chi connectivity index (χ2v) is 12.6. The Morgan fingerprint density at radius 2 is 1.55 bits per heavy atom. The maximum atomic E-state index is 13.8. The van der Waals surface area contributed by atoms with Crippen LogP contribution in [0.2, 0.25) is 10.0 Å². The topological polar surface area (TPSA) is 86.8 Å². The molecule has 202 valence electrons. The molecule has 0 saturated heterocycles. The van der Waals surface area contributed by atoms with Gasteiger partial charge in [-0.15, -0.1) is 0 Å². The van der Waals surface area contributed by atoms with Gasteiger partial charge in [-0.1, -0.05) is 57.3 Å². The molecule has 0 bridgehead atoms. The minimum atomic E-state index is -4.20. The van der Waals surface area contributed by atoms with Crippen molar-refractivity contribution in [2.75, 3.05) is 10.8 Å². The van der Waals surface area contributed by atoms with Gasteiger partial charge in [0.05, 0.1) is 10.6 Å². The number of carbonyl (C=O) groups is 2. The molecule has 0 spiro atoms. The zero-order valence-corrected chi connectivity index (χ0v) is 25.0. The van der Waals surface area contributed by atoms with Crippen LogP contribution in [0.4, 0.5) is 5.69 Å². The van der Waals surface area contributed by atoms with Crippen molar-refractivity contribution in [3.8, 4) is 0 Å². The largest absolute Gasteiger partial charge is 0.352 e. The predicted molar refractivity (Wildman–Crippen MR) is 155 cm³/mol. The molecule has 0 aromatic heterocycles. The third-order valence-electron chi connectivity index (χ3n) is 5.64. The molecule has 3 rings (SSSR count). The van der Waals surface area contributed by atoms with Crippen LogP contribution >= 0.6 is 39.1 Å². The molecule has 3 aromatic rings. The quantitative estimate of drug-likeness (QED) is 0.299. The van der Waals surface area contributed by atoms with Crippen molar-refractivity contribution >= 4 is 66.7 Å². The zero-order valence-electron chi connectivity index (χ0n) is 21.1. The molecule has 0 unspecified atom stereocenters. The van der Waals surface area contributed by atoms with Crippen LogP contribution in [0.3, 0.4) is 0 Å². The Kier molecular flexibility index (Phi) is 10.2. The highest BCUT2D eigenvalue weighted by molar-refractivity contribution is 9.10. The van der Waals surface area contributed by atoms with Crippen molar-refractivity contribution in [3.63, 3.8) is 0 Å². The minimum Gasteiger partial charge on any atom is -0.352 e. The summed E-state index contributed by atoms with van der Waals surface area (Å²) in [4.78, 5) is 28.1. The van der Waals surface area contributed by atoms with Crippen LogP contribution in [-0.2, 0) is 26.2 Å². The van der Waals surface area contributed by atoms with Gasteiger partial charge in [0, 0.05) is 27.1 Å². The highest BCUT2D eigenvalue weighted by Gasteiger charge is 2.32. The SMILES string of the molecule is CC(C)NC(=O)[C@@H](C)N(Cc1ccc(Br)cc1)C(=O)CN(c1cccc(Cl)c1)S(=O)(=O)c1ccc(Cl)cc1. The van der Waals surface area contributed by atoms with E-state index in [1.165, 1.54) is 35.2 Å². The van der Waals surface area contributed by atoms with E-state index in [1.54, 1.807) is 25.1 Å². The first kappa shape index (κ1) is 30.0. The molecule has 0 heterocycles. The lowest BCUT2D eigenvalue weighted by atomic mass is 10.1. The molecular formula is C27H28BrCl2N3O4S. The van der Waals surface area contributed by atoms with Crippen LogP contribution < -0.4 is 9.62 Å². The van der Waals surface area contributed by atoms with Gasteiger partial charge in [-0.2, -0.15) is 0 Å². The van der Waals surface area contributed by atoms with Gasteiger partial charge in [0.25, 0.3) is 10.0 Å². The van der Waals surface area contributed by atoms with Gasteiger partial charge in [-0.3, -0.25) is 13.9 Å². The van der Waals surface area contributed by atoms with Crippen molar-refractivity contribution in [1.29, 1.82) is 0 Å². The maximum Gasteiger partial charge on any atom is 0.264 e. The summed E-state index contributed by atoms with van der Waals surface area (Å²) in [5, 5.41) is 3.51. The summed E-state index contributed by atoms with van der Waals surface area (Å²) in [6, 6.07) is 18.2. The molecule has 1 atom stereocenters. The lowest BCUT2D eigenvalue weighted by Crippen LogP contribution is -2.52. The monoisotopic (exact) mass is 639 g/mol. The maximum absolute atomic E-state index is 13.8. The molecule has 0 fully saturated rings. The van der Waals surface area contributed by atoms with E-state index in [0.29, 0.717) is 10.0 Å². The minimum absolute atomic E-state index is 0.0419. The average molecular weight is 641 g/mol. The Morgan fingerprint density at radius 3 is 2.13 bits per heavy atom. The van der Waals surface area contributed by atoms with Gasteiger partial charge >= 0.3 is 0 Å². The van der Waals surface area contributed by atoms with E-state index in [4.69, 9.17) is 23.2 Å². The van der Waals surface area contributed by atoms with Crippen LogP contribution in [-0.4, -0.2) is 43.8 Å². The number of amides is 2. The average Bonchev–Trinajstić information content (AvgIpc) is 2.86. The summed E-state index contributed by atoms with van der Waals surface area (Å²) < 4.78 is 29.3. The smallest absolute Gasteiger partial charge is 0.264 e. The number of benzene rings is 3. The van der Waals surface area contributed by atoms with Crippen molar-refractivity contribution in [3.05, 3.63) is 92.9 Å². The molecule has 11 heteroatoms. The predicted octanol–water partition coefficient (Wildman–Crippen LogP) is 5.89. The van der Waals surface area contributed by atoms with Gasteiger partial charge in [-0.05, 0) is 80.9 Å². The molecule has 1 N–H and O–H groups in total. The first-order valence-electron chi connectivity index (χ1n) is 11.8. The van der Waals surface area contributed by atoms with Crippen LogP contribution in [0.25, 0.3) is 0 Å².